The molecule has 0 radical (unpaired) electrons. The zero-order valence-electron chi connectivity index (χ0n) is 10.5. The Labute approximate surface area is 110 Å². The zero-order chi connectivity index (χ0) is 14.3. The third-order valence-corrected chi connectivity index (χ3v) is 2.18. The molecule has 0 atom stereocenters. The van der Waals surface area contributed by atoms with Crippen LogP contribution in [0.15, 0.2) is 18.5 Å². The summed E-state index contributed by atoms with van der Waals surface area (Å²) >= 11 is 0. The van der Waals surface area contributed by atoms with E-state index in [0.29, 0.717) is 5.69 Å². The molecule has 3 N–H and O–H groups in total. The molecule has 0 spiro atoms. The number of pyridine rings is 1. The van der Waals surface area contributed by atoms with Crippen LogP contribution in [0.2, 0.25) is 0 Å². The van der Waals surface area contributed by atoms with Crippen molar-refractivity contribution in [2.75, 3.05) is 5.32 Å². The van der Waals surface area contributed by atoms with Gasteiger partial charge in [0, 0.05) is 19.0 Å². The average molecular weight is 265 g/mol. The fourth-order valence-corrected chi connectivity index (χ4v) is 1.37. The molecule has 1 heterocycles. The molecule has 19 heavy (non-hydrogen) atoms. The summed E-state index contributed by atoms with van der Waals surface area (Å²) in [4.78, 5) is 36.9. The number of hydrogen-bond acceptors (Lipinski definition) is 4. The van der Waals surface area contributed by atoms with Crippen molar-refractivity contribution < 1.29 is 19.5 Å². The lowest BCUT2D eigenvalue weighted by Crippen LogP contribution is -2.34. The monoisotopic (exact) mass is 265 g/mol. The highest BCUT2D eigenvalue weighted by molar-refractivity contribution is 6.01. The normalized spacial score (nSPS) is 9.74. The number of amides is 3. The van der Waals surface area contributed by atoms with Crippen LogP contribution in [0.25, 0.3) is 0 Å². The van der Waals surface area contributed by atoms with Crippen LogP contribution in [0.4, 0.5) is 10.5 Å². The highest BCUT2D eigenvalue weighted by Crippen LogP contribution is 2.06. The van der Waals surface area contributed by atoms with Crippen molar-refractivity contribution in [3.05, 3.63) is 24.0 Å². The van der Waals surface area contributed by atoms with Gasteiger partial charge in [-0.2, -0.15) is 0 Å². The number of aromatic nitrogens is 1. The van der Waals surface area contributed by atoms with E-state index in [9.17, 15) is 14.4 Å². The van der Waals surface area contributed by atoms with Gasteiger partial charge >= 0.3 is 12.0 Å². The van der Waals surface area contributed by atoms with Crippen molar-refractivity contribution in [3.63, 3.8) is 0 Å². The van der Waals surface area contributed by atoms with Crippen LogP contribution >= 0.6 is 0 Å². The number of carbonyl (C=O) groups excluding carboxylic acids is 2. The first-order chi connectivity index (χ1) is 8.97. The van der Waals surface area contributed by atoms with Crippen molar-refractivity contribution in [1.29, 1.82) is 0 Å². The van der Waals surface area contributed by atoms with Crippen LogP contribution in [0.1, 0.15) is 24.8 Å². The summed E-state index contributed by atoms with van der Waals surface area (Å²) in [6.45, 7) is 1.83. The van der Waals surface area contributed by atoms with Crippen molar-refractivity contribution in [2.45, 2.75) is 26.2 Å². The lowest BCUT2D eigenvalue weighted by molar-refractivity contribution is -0.137. The quantitative estimate of drug-likeness (QED) is 0.743. The van der Waals surface area contributed by atoms with Gasteiger partial charge in [0.15, 0.2) is 0 Å². The van der Waals surface area contributed by atoms with Crippen molar-refractivity contribution in [1.82, 2.24) is 10.3 Å². The van der Waals surface area contributed by atoms with Crippen LogP contribution in [0.5, 0.6) is 0 Å². The third-order valence-electron chi connectivity index (χ3n) is 2.18. The van der Waals surface area contributed by atoms with Gasteiger partial charge < -0.3 is 10.4 Å². The Kier molecular flexibility index (Phi) is 5.46. The highest BCUT2D eigenvalue weighted by atomic mass is 16.4. The lowest BCUT2D eigenvalue weighted by atomic mass is 10.2. The fraction of sp³-hybridized carbons (Fsp3) is 0.333. The number of anilines is 1. The summed E-state index contributed by atoms with van der Waals surface area (Å²) < 4.78 is 0. The van der Waals surface area contributed by atoms with Gasteiger partial charge in [0.1, 0.15) is 0 Å². The molecule has 0 saturated carbocycles. The van der Waals surface area contributed by atoms with Gasteiger partial charge in [-0.3, -0.25) is 19.9 Å². The Morgan fingerprint density at radius 1 is 1.26 bits per heavy atom. The van der Waals surface area contributed by atoms with Crippen LogP contribution < -0.4 is 10.6 Å². The van der Waals surface area contributed by atoms with Crippen LogP contribution in [-0.4, -0.2) is 28.0 Å². The van der Waals surface area contributed by atoms with E-state index in [0.717, 1.165) is 5.56 Å². The van der Waals surface area contributed by atoms with Crippen LogP contribution in [-0.2, 0) is 9.59 Å². The molecule has 1 aromatic heterocycles. The second kappa shape index (κ2) is 7.10. The molecule has 3 amide bonds. The first-order valence-electron chi connectivity index (χ1n) is 5.71. The van der Waals surface area contributed by atoms with Gasteiger partial charge in [-0.1, -0.05) is 0 Å². The van der Waals surface area contributed by atoms with Crippen molar-refractivity contribution in [2.24, 2.45) is 0 Å². The van der Waals surface area contributed by atoms with E-state index in [1.165, 1.54) is 6.20 Å². The first-order valence-corrected chi connectivity index (χ1v) is 5.71. The number of urea groups is 1. The number of nitrogens with zero attached hydrogens (tertiary/aromatic N) is 1. The summed E-state index contributed by atoms with van der Waals surface area (Å²) in [5, 5.41) is 13.0. The maximum absolute atomic E-state index is 11.4. The minimum absolute atomic E-state index is 0.00815. The summed E-state index contributed by atoms with van der Waals surface area (Å²) in [7, 11) is 0. The molecule has 102 valence electrons. The number of hydrogen-bond donors (Lipinski definition) is 3. The topological polar surface area (TPSA) is 108 Å². The predicted octanol–water partition coefficient (Wildman–Crippen LogP) is 1.29. The third kappa shape index (κ3) is 6.16. The highest BCUT2D eigenvalue weighted by Gasteiger charge is 2.08. The lowest BCUT2D eigenvalue weighted by Gasteiger charge is -2.06. The SMILES string of the molecule is Cc1cncc(NC(=O)NC(=O)CCCC(=O)O)c1. The van der Waals surface area contributed by atoms with Crippen molar-refractivity contribution in [3.8, 4) is 0 Å². The molecule has 0 saturated heterocycles. The summed E-state index contributed by atoms with van der Waals surface area (Å²) in [6.07, 6.45) is 3.19. The molecule has 0 unspecified atom stereocenters. The maximum atomic E-state index is 11.4. The first kappa shape index (κ1) is 14.6. The van der Waals surface area contributed by atoms with E-state index in [1.54, 1.807) is 12.3 Å². The van der Waals surface area contributed by atoms with Gasteiger partial charge in [-0.15, -0.1) is 0 Å². The molecular formula is C12H15N3O4. The number of nitrogens with one attached hydrogen (secondary N) is 2. The molecule has 1 aromatic rings. The van der Waals surface area contributed by atoms with Gasteiger partial charge in [0.2, 0.25) is 5.91 Å². The van der Waals surface area contributed by atoms with E-state index in [4.69, 9.17) is 5.11 Å². The molecule has 7 heteroatoms. The molecule has 0 aromatic carbocycles. The van der Waals surface area contributed by atoms with Gasteiger partial charge in [0.05, 0.1) is 11.9 Å². The Hall–Kier alpha value is -2.44. The fourth-order valence-electron chi connectivity index (χ4n) is 1.37. The van der Waals surface area contributed by atoms with E-state index < -0.39 is 17.9 Å². The van der Waals surface area contributed by atoms with Crippen LogP contribution in [0.3, 0.4) is 0 Å². The molecule has 7 nitrogen and oxygen atoms in total. The number of aryl methyl sites for hydroxylation is 1. The number of aliphatic carboxylic acids is 1. The van der Waals surface area contributed by atoms with Crippen LogP contribution in [0, 0.1) is 6.92 Å². The van der Waals surface area contributed by atoms with Gasteiger partial charge in [0.25, 0.3) is 0 Å². The summed E-state index contributed by atoms with van der Waals surface area (Å²) in [6, 6.07) is 1.05. The molecule has 0 aliphatic rings. The smallest absolute Gasteiger partial charge is 0.325 e. The number of carboxylic acid groups (broad SMARTS) is 1. The number of carboxylic acids is 1. The minimum atomic E-state index is -0.969. The van der Waals surface area contributed by atoms with E-state index in [2.05, 4.69) is 15.6 Å². The number of rotatable bonds is 5. The second-order valence-electron chi connectivity index (χ2n) is 4.00. The summed E-state index contributed by atoms with van der Waals surface area (Å²) in [5.41, 5.74) is 1.36. The van der Waals surface area contributed by atoms with E-state index >= 15 is 0 Å². The second-order valence-corrected chi connectivity index (χ2v) is 4.00. The molecule has 0 fully saturated rings. The molecular weight excluding hydrogens is 250 g/mol. The van der Waals surface area contributed by atoms with E-state index in [-0.39, 0.29) is 19.3 Å². The maximum Gasteiger partial charge on any atom is 0.325 e. The molecule has 0 aliphatic carbocycles. The zero-order valence-corrected chi connectivity index (χ0v) is 10.5. The largest absolute Gasteiger partial charge is 0.481 e. The molecule has 0 aliphatic heterocycles. The Bertz CT molecular complexity index is 488. The van der Waals surface area contributed by atoms with Gasteiger partial charge in [-0.05, 0) is 25.0 Å². The predicted molar refractivity (Wildman–Crippen MR) is 67.6 cm³/mol. The van der Waals surface area contributed by atoms with E-state index in [1.807, 2.05) is 6.92 Å². The number of carbonyl (C=O) groups is 3. The molecule has 0 bridgehead atoms. The standard InChI is InChI=1S/C12H15N3O4/c1-8-5-9(7-13-6-8)14-12(19)15-10(16)3-2-4-11(17)18/h5-7H,2-4H2,1H3,(H,17,18)(H2,14,15,16,19). The summed E-state index contributed by atoms with van der Waals surface area (Å²) in [5.74, 6) is -1.48. The molecule has 1 rings (SSSR count). The Morgan fingerprint density at radius 3 is 2.63 bits per heavy atom. The Morgan fingerprint density at radius 2 is 2.00 bits per heavy atom. The minimum Gasteiger partial charge on any atom is -0.481 e. The average Bonchev–Trinajstić information content (AvgIpc) is 2.27. The Balaban J connectivity index is 2.34. The van der Waals surface area contributed by atoms with Gasteiger partial charge in [-0.25, -0.2) is 4.79 Å². The van der Waals surface area contributed by atoms with Crippen molar-refractivity contribution >= 4 is 23.6 Å². The number of imide groups is 1.